The summed E-state index contributed by atoms with van der Waals surface area (Å²) < 4.78 is 3.69. The van der Waals surface area contributed by atoms with E-state index in [0.29, 0.717) is 5.69 Å². The monoisotopic (exact) mass is 282 g/mol. The molecule has 94 valence electrons. The van der Waals surface area contributed by atoms with Gasteiger partial charge in [-0.05, 0) is 11.5 Å². The highest BCUT2D eigenvalue weighted by molar-refractivity contribution is 8.00. The van der Waals surface area contributed by atoms with Crippen LogP contribution in [0.1, 0.15) is 5.69 Å². The quantitative estimate of drug-likeness (QED) is 0.790. The average molecular weight is 282 g/mol. The molecule has 1 N–H and O–H groups in total. The van der Waals surface area contributed by atoms with Crippen molar-refractivity contribution in [3.63, 3.8) is 0 Å². The van der Waals surface area contributed by atoms with Crippen molar-refractivity contribution in [3.8, 4) is 0 Å². The van der Waals surface area contributed by atoms with Crippen LogP contribution in [0.4, 0.5) is 0 Å². The Balaban J connectivity index is 1.59. The van der Waals surface area contributed by atoms with Gasteiger partial charge in [0.05, 0.1) is 12.1 Å². The minimum atomic E-state index is -0.404. The summed E-state index contributed by atoms with van der Waals surface area (Å²) in [6.07, 6.45) is 3.90. The molecule has 0 radical (unpaired) electrons. The van der Waals surface area contributed by atoms with Crippen molar-refractivity contribution >= 4 is 35.1 Å². The lowest BCUT2D eigenvalue weighted by Gasteiger charge is -2.46. The fourth-order valence-electron chi connectivity index (χ4n) is 1.92. The normalized spacial score (nSPS) is 25.6. The molecule has 1 fully saturated rings. The van der Waals surface area contributed by atoms with Crippen LogP contribution in [0.2, 0.25) is 0 Å². The number of nitrogens with zero attached hydrogens (tertiary/aromatic N) is 3. The highest BCUT2D eigenvalue weighted by Gasteiger charge is 2.48. The molecule has 1 aromatic heterocycles. The van der Waals surface area contributed by atoms with E-state index in [1.165, 1.54) is 11.5 Å². The molecule has 2 atom stereocenters. The van der Waals surface area contributed by atoms with Gasteiger partial charge in [-0.15, -0.1) is 16.9 Å². The Hall–Kier alpha value is -1.41. The molecule has 0 aromatic carbocycles. The van der Waals surface area contributed by atoms with Crippen LogP contribution in [-0.2, 0) is 16.0 Å². The first-order valence-electron chi connectivity index (χ1n) is 5.41. The second-order valence-corrected chi connectivity index (χ2v) is 5.73. The number of rotatable bonds is 3. The first kappa shape index (κ1) is 11.7. The molecule has 18 heavy (non-hydrogen) atoms. The first-order valence-corrected chi connectivity index (χ1v) is 7.30. The van der Waals surface area contributed by atoms with Crippen molar-refractivity contribution in [1.29, 1.82) is 0 Å². The number of hydrogen-bond donors (Lipinski definition) is 1. The average Bonchev–Trinajstić information content (AvgIpc) is 2.88. The number of thioether (sulfide) groups is 1. The standard InChI is InChI=1S/C10H10N4O2S2/c15-7(4-6-5-18-13-12-6)11-8-9(16)14-2-1-3-17-10(8)14/h1-2,5,8,10H,3-4H2,(H,11,15)/t8?,10-/m1/s1. The molecule has 2 aliphatic rings. The van der Waals surface area contributed by atoms with Crippen LogP contribution < -0.4 is 5.32 Å². The van der Waals surface area contributed by atoms with Crippen molar-refractivity contribution in [1.82, 2.24) is 19.8 Å². The van der Waals surface area contributed by atoms with E-state index in [0.717, 1.165) is 5.75 Å². The number of carbonyl (C=O) groups excluding carboxylic acids is 2. The molecule has 2 aliphatic heterocycles. The van der Waals surface area contributed by atoms with Gasteiger partial charge < -0.3 is 10.2 Å². The summed E-state index contributed by atoms with van der Waals surface area (Å²) >= 11 is 2.86. The van der Waals surface area contributed by atoms with Crippen molar-refractivity contribution < 1.29 is 9.59 Å². The summed E-state index contributed by atoms with van der Waals surface area (Å²) in [5.41, 5.74) is 0.636. The molecule has 0 spiro atoms. The Morgan fingerprint density at radius 3 is 3.28 bits per heavy atom. The van der Waals surface area contributed by atoms with E-state index in [1.54, 1.807) is 28.2 Å². The van der Waals surface area contributed by atoms with Crippen LogP contribution in [0.15, 0.2) is 17.7 Å². The Labute approximate surface area is 112 Å². The lowest BCUT2D eigenvalue weighted by atomic mass is 10.1. The molecule has 6 nitrogen and oxygen atoms in total. The summed E-state index contributed by atoms with van der Waals surface area (Å²) in [4.78, 5) is 25.2. The number of amides is 2. The molecule has 1 unspecified atom stereocenters. The molecule has 2 amide bonds. The SMILES string of the molecule is O=C(Cc1csnn1)NC1C(=O)N2C=CCS[C@H]12. The Bertz CT molecular complexity index is 502. The maximum Gasteiger partial charge on any atom is 0.253 e. The molecule has 1 aromatic rings. The zero-order valence-electron chi connectivity index (χ0n) is 9.28. The lowest BCUT2D eigenvalue weighted by Crippen LogP contribution is -2.68. The van der Waals surface area contributed by atoms with E-state index in [4.69, 9.17) is 0 Å². The van der Waals surface area contributed by atoms with E-state index in [-0.39, 0.29) is 23.6 Å². The number of hydrogen-bond acceptors (Lipinski definition) is 6. The van der Waals surface area contributed by atoms with Gasteiger partial charge in [0.2, 0.25) is 5.91 Å². The molecule has 0 bridgehead atoms. The van der Waals surface area contributed by atoms with Crippen LogP contribution in [0.25, 0.3) is 0 Å². The van der Waals surface area contributed by atoms with Crippen LogP contribution in [0.3, 0.4) is 0 Å². The Morgan fingerprint density at radius 2 is 2.50 bits per heavy atom. The van der Waals surface area contributed by atoms with Crippen LogP contribution in [-0.4, -0.2) is 43.5 Å². The van der Waals surface area contributed by atoms with Gasteiger partial charge in [0.25, 0.3) is 5.91 Å². The molecule has 8 heteroatoms. The van der Waals surface area contributed by atoms with E-state index in [1.807, 2.05) is 6.08 Å². The van der Waals surface area contributed by atoms with Crippen LogP contribution >= 0.6 is 23.3 Å². The number of carbonyl (C=O) groups is 2. The van der Waals surface area contributed by atoms with Crippen LogP contribution in [0, 0.1) is 0 Å². The molecule has 0 saturated carbocycles. The number of aromatic nitrogens is 2. The predicted molar refractivity (Wildman–Crippen MR) is 67.8 cm³/mol. The largest absolute Gasteiger partial charge is 0.341 e. The molecular formula is C10H10N4O2S2. The molecule has 3 rings (SSSR count). The fourth-order valence-corrected chi connectivity index (χ4v) is 3.47. The maximum absolute atomic E-state index is 11.8. The minimum Gasteiger partial charge on any atom is -0.341 e. The highest BCUT2D eigenvalue weighted by Crippen LogP contribution is 2.33. The highest BCUT2D eigenvalue weighted by atomic mass is 32.2. The van der Waals surface area contributed by atoms with Gasteiger partial charge in [0.1, 0.15) is 11.4 Å². The summed E-state index contributed by atoms with van der Waals surface area (Å²) in [7, 11) is 0. The van der Waals surface area contributed by atoms with E-state index < -0.39 is 6.04 Å². The number of nitrogens with one attached hydrogen (secondary N) is 1. The third-order valence-electron chi connectivity index (χ3n) is 2.77. The van der Waals surface area contributed by atoms with E-state index >= 15 is 0 Å². The van der Waals surface area contributed by atoms with Crippen molar-refractivity contribution in [2.45, 2.75) is 17.8 Å². The number of β-lactam (4-membered cyclic amide) rings is 1. The first-order chi connectivity index (χ1) is 8.75. The van der Waals surface area contributed by atoms with Gasteiger partial charge in [-0.25, -0.2) is 0 Å². The van der Waals surface area contributed by atoms with Gasteiger partial charge in [0, 0.05) is 17.3 Å². The Kier molecular flexibility index (Phi) is 3.04. The zero-order valence-corrected chi connectivity index (χ0v) is 10.9. The van der Waals surface area contributed by atoms with Gasteiger partial charge in [-0.3, -0.25) is 9.59 Å². The summed E-state index contributed by atoms with van der Waals surface area (Å²) in [5, 5.41) is 8.33. The second kappa shape index (κ2) is 4.69. The zero-order chi connectivity index (χ0) is 12.5. The van der Waals surface area contributed by atoms with E-state index in [2.05, 4.69) is 14.9 Å². The second-order valence-electron chi connectivity index (χ2n) is 3.97. The minimum absolute atomic E-state index is 0.0417. The lowest BCUT2D eigenvalue weighted by molar-refractivity contribution is -0.144. The van der Waals surface area contributed by atoms with Gasteiger partial charge in [0.15, 0.2) is 0 Å². The topological polar surface area (TPSA) is 75.2 Å². The van der Waals surface area contributed by atoms with Crippen molar-refractivity contribution in [2.24, 2.45) is 0 Å². The van der Waals surface area contributed by atoms with Crippen LogP contribution in [0.5, 0.6) is 0 Å². The molecular weight excluding hydrogens is 272 g/mol. The van der Waals surface area contributed by atoms with E-state index in [9.17, 15) is 9.59 Å². The summed E-state index contributed by atoms with van der Waals surface area (Å²) in [6.45, 7) is 0. The summed E-state index contributed by atoms with van der Waals surface area (Å²) in [6, 6.07) is -0.404. The number of fused-ring (bicyclic) bond motifs is 1. The third-order valence-corrected chi connectivity index (χ3v) is 4.55. The third kappa shape index (κ3) is 2.01. The maximum atomic E-state index is 11.8. The van der Waals surface area contributed by atoms with Crippen molar-refractivity contribution in [2.75, 3.05) is 5.75 Å². The van der Waals surface area contributed by atoms with Gasteiger partial charge in [-0.1, -0.05) is 10.6 Å². The summed E-state index contributed by atoms with van der Waals surface area (Å²) in [5.74, 6) is 0.639. The Morgan fingerprint density at radius 1 is 1.61 bits per heavy atom. The smallest absolute Gasteiger partial charge is 0.253 e. The van der Waals surface area contributed by atoms with Crippen molar-refractivity contribution in [3.05, 3.63) is 23.3 Å². The predicted octanol–water partition coefficient (Wildman–Crippen LogP) is -0.00580. The fraction of sp³-hybridized carbons (Fsp3) is 0.400. The van der Waals surface area contributed by atoms with Gasteiger partial charge in [-0.2, -0.15) is 0 Å². The van der Waals surface area contributed by atoms with Gasteiger partial charge >= 0.3 is 0 Å². The molecule has 0 aliphatic carbocycles. The molecule has 3 heterocycles. The molecule has 1 saturated heterocycles.